The van der Waals surface area contributed by atoms with E-state index in [9.17, 15) is 0 Å². The molecule has 18 heavy (non-hydrogen) atoms. The number of nitrogens with zero attached hydrogens (tertiary/aromatic N) is 1. The first kappa shape index (κ1) is 14.4. The Labute approximate surface area is 127 Å². The summed E-state index contributed by atoms with van der Waals surface area (Å²) in [6.07, 6.45) is 3.91. The van der Waals surface area contributed by atoms with Gasteiger partial charge in [-0.3, -0.25) is 0 Å². The molecule has 1 saturated heterocycles. The smallest absolute Gasteiger partial charge is 0.0418 e. The molecule has 2 rings (SSSR count). The fourth-order valence-electron chi connectivity index (χ4n) is 2.61. The molecule has 1 aromatic rings. The molecule has 1 nitrogen and oxygen atoms in total. The number of hydrogen-bond donors (Lipinski definition) is 0. The molecule has 0 N–H and O–H groups in total. The van der Waals surface area contributed by atoms with Crippen LogP contribution in [0, 0.1) is 5.41 Å². The highest BCUT2D eigenvalue weighted by atomic mass is 79.9. The topological polar surface area (TPSA) is 3.24 Å². The minimum atomic E-state index is 0.495. The van der Waals surface area contributed by atoms with E-state index in [2.05, 4.69) is 68.8 Å². The van der Waals surface area contributed by atoms with E-state index in [0.717, 1.165) is 5.33 Å². The van der Waals surface area contributed by atoms with Gasteiger partial charge < -0.3 is 4.90 Å². The van der Waals surface area contributed by atoms with E-state index in [4.69, 9.17) is 0 Å². The van der Waals surface area contributed by atoms with Crippen LogP contribution in [0.3, 0.4) is 0 Å². The van der Waals surface area contributed by atoms with Gasteiger partial charge in [-0.2, -0.15) is 0 Å². The standard InChI is InChI=1S/C15H21Br2N/c1-15(2)6-3-8-18(9-7-15)14-10-13(17)5-4-12(14)11-16/h4-5,10H,3,6-9,11H2,1-2H3. The Kier molecular flexibility index (Phi) is 4.76. The van der Waals surface area contributed by atoms with Crippen LogP contribution in [0.5, 0.6) is 0 Å². The summed E-state index contributed by atoms with van der Waals surface area (Å²) in [5, 5.41) is 0.926. The largest absolute Gasteiger partial charge is 0.371 e. The van der Waals surface area contributed by atoms with E-state index in [0.29, 0.717) is 5.41 Å². The molecule has 1 fully saturated rings. The van der Waals surface area contributed by atoms with Gasteiger partial charge in [0.1, 0.15) is 0 Å². The van der Waals surface area contributed by atoms with Gasteiger partial charge in [-0.15, -0.1) is 0 Å². The van der Waals surface area contributed by atoms with Crippen molar-refractivity contribution >= 4 is 37.5 Å². The van der Waals surface area contributed by atoms with Gasteiger partial charge in [-0.05, 0) is 42.4 Å². The van der Waals surface area contributed by atoms with Gasteiger partial charge in [-0.25, -0.2) is 0 Å². The maximum Gasteiger partial charge on any atom is 0.0418 e. The predicted molar refractivity (Wildman–Crippen MR) is 86.6 cm³/mol. The van der Waals surface area contributed by atoms with Gasteiger partial charge in [0.05, 0.1) is 0 Å². The zero-order valence-corrected chi connectivity index (χ0v) is 14.3. The van der Waals surface area contributed by atoms with E-state index < -0.39 is 0 Å². The average molecular weight is 375 g/mol. The maximum absolute atomic E-state index is 3.60. The maximum atomic E-state index is 3.60. The Balaban J connectivity index is 2.23. The highest BCUT2D eigenvalue weighted by molar-refractivity contribution is 9.10. The fraction of sp³-hybridized carbons (Fsp3) is 0.600. The Morgan fingerprint density at radius 1 is 1.22 bits per heavy atom. The molecule has 1 aliphatic heterocycles. The van der Waals surface area contributed by atoms with Crippen LogP contribution in [0.4, 0.5) is 5.69 Å². The van der Waals surface area contributed by atoms with E-state index in [1.54, 1.807) is 0 Å². The van der Waals surface area contributed by atoms with Crippen molar-refractivity contribution in [3.05, 3.63) is 28.2 Å². The normalized spacial score (nSPS) is 19.7. The van der Waals surface area contributed by atoms with Gasteiger partial charge in [0.25, 0.3) is 0 Å². The number of rotatable bonds is 2. The lowest BCUT2D eigenvalue weighted by Crippen LogP contribution is -2.26. The van der Waals surface area contributed by atoms with Crippen molar-refractivity contribution in [2.75, 3.05) is 18.0 Å². The van der Waals surface area contributed by atoms with Crippen LogP contribution in [-0.2, 0) is 5.33 Å². The molecule has 1 aromatic carbocycles. The molecule has 0 aromatic heterocycles. The van der Waals surface area contributed by atoms with Gasteiger partial charge in [0.15, 0.2) is 0 Å². The summed E-state index contributed by atoms with van der Waals surface area (Å²) < 4.78 is 1.17. The molecule has 0 radical (unpaired) electrons. The van der Waals surface area contributed by atoms with Crippen molar-refractivity contribution in [3.63, 3.8) is 0 Å². The van der Waals surface area contributed by atoms with Crippen molar-refractivity contribution in [3.8, 4) is 0 Å². The summed E-state index contributed by atoms with van der Waals surface area (Å²) in [5.41, 5.74) is 3.27. The van der Waals surface area contributed by atoms with Crippen LogP contribution in [-0.4, -0.2) is 13.1 Å². The molecule has 1 heterocycles. The molecule has 0 spiro atoms. The van der Waals surface area contributed by atoms with Crippen LogP contribution in [0.15, 0.2) is 22.7 Å². The molecule has 0 aliphatic carbocycles. The first-order valence-corrected chi connectivity index (χ1v) is 8.53. The first-order chi connectivity index (χ1) is 8.52. The average Bonchev–Trinajstić information content (AvgIpc) is 2.50. The summed E-state index contributed by atoms with van der Waals surface area (Å²) in [5.74, 6) is 0. The van der Waals surface area contributed by atoms with Crippen molar-refractivity contribution in [1.82, 2.24) is 0 Å². The summed E-state index contributed by atoms with van der Waals surface area (Å²) in [7, 11) is 0. The monoisotopic (exact) mass is 373 g/mol. The number of hydrogen-bond acceptors (Lipinski definition) is 1. The first-order valence-electron chi connectivity index (χ1n) is 6.61. The van der Waals surface area contributed by atoms with Crippen LogP contribution in [0.25, 0.3) is 0 Å². The molecule has 0 atom stereocenters. The second kappa shape index (κ2) is 5.96. The van der Waals surface area contributed by atoms with E-state index in [-0.39, 0.29) is 0 Å². The molecular formula is C15H21Br2N. The summed E-state index contributed by atoms with van der Waals surface area (Å²) in [6, 6.07) is 6.60. The van der Waals surface area contributed by atoms with Crippen LogP contribution >= 0.6 is 31.9 Å². The number of halogens is 2. The van der Waals surface area contributed by atoms with E-state index >= 15 is 0 Å². The number of alkyl halides is 1. The van der Waals surface area contributed by atoms with Gasteiger partial charge >= 0.3 is 0 Å². The Hall–Kier alpha value is -0.0200. The zero-order valence-electron chi connectivity index (χ0n) is 11.2. The van der Waals surface area contributed by atoms with E-state index in [1.807, 2.05) is 0 Å². The Morgan fingerprint density at radius 3 is 2.72 bits per heavy atom. The molecule has 100 valence electrons. The molecular weight excluding hydrogens is 354 g/mol. The summed E-state index contributed by atoms with van der Waals surface area (Å²) in [6.45, 7) is 7.13. The van der Waals surface area contributed by atoms with Crippen molar-refractivity contribution in [1.29, 1.82) is 0 Å². The zero-order chi connectivity index (χ0) is 13.2. The quantitative estimate of drug-likeness (QED) is 0.629. The molecule has 0 bridgehead atoms. The third kappa shape index (κ3) is 3.51. The lowest BCUT2D eigenvalue weighted by Gasteiger charge is -2.26. The Morgan fingerprint density at radius 2 is 2.00 bits per heavy atom. The van der Waals surface area contributed by atoms with Crippen LogP contribution in [0.2, 0.25) is 0 Å². The Bertz CT molecular complexity index is 415. The molecule has 1 aliphatic rings. The number of benzene rings is 1. The third-order valence-electron chi connectivity index (χ3n) is 3.87. The third-order valence-corrected chi connectivity index (χ3v) is 4.97. The molecule has 3 heteroatoms. The van der Waals surface area contributed by atoms with E-state index in [1.165, 1.54) is 48.1 Å². The van der Waals surface area contributed by atoms with Gasteiger partial charge in [0.2, 0.25) is 0 Å². The molecule has 0 unspecified atom stereocenters. The summed E-state index contributed by atoms with van der Waals surface area (Å²) >= 11 is 7.19. The van der Waals surface area contributed by atoms with Crippen LogP contribution < -0.4 is 4.90 Å². The van der Waals surface area contributed by atoms with Gasteiger partial charge in [0, 0.05) is 28.6 Å². The highest BCUT2D eigenvalue weighted by Crippen LogP contribution is 2.34. The highest BCUT2D eigenvalue weighted by Gasteiger charge is 2.24. The molecule has 0 saturated carbocycles. The fourth-order valence-corrected chi connectivity index (χ4v) is 3.43. The summed E-state index contributed by atoms with van der Waals surface area (Å²) in [4.78, 5) is 2.55. The second-order valence-corrected chi connectivity index (χ2v) is 7.39. The molecule has 0 amide bonds. The van der Waals surface area contributed by atoms with Gasteiger partial charge in [-0.1, -0.05) is 51.8 Å². The SMILES string of the molecule is CC1(C)CCCN(c2cc(Br)ccc2CBr)CC1. The lowest BCUT2D eigenvalue weighted by molar-refractivity contribution is 0.325. The van der Waals surface area contributed by atoms with Crippen molar-refractivity contribution in [2.45, 2.75) is 38.4 Å². The number of anilines is 1. The van der Waals surface area contributed by atoms with Crippen molar-refractivity contribution in [2.24, 2.45) is 5.41 Å². The second-order valence-electron chi connectivity index (χ2n) is 5.91. The predicted octanol–water partition coefficient (Wildman–Crippen LogP) is 5.36. The minimum absolute atomic E-state index is 0.495. The lowest BCUT2D eigenvalue weighted by atomic mass is 9.85. The van der Waals surface area contributed by atoms with Crippen molar-refractivity contribution < 1.29 is 0 Å². The van der Waals surface area contributed by atoms with Crippen LogP contribution in [0.1, 0.15) is 38.7 Å². The minimum Gasteiger partial charge on any atom is -0.371 e.